The molecule has 0 saturated heterocycles. The van der Waals surface area contributed by atoms with E-state index < -0.39 is 11.7 Å². The second-order valence-electron chi connectivity index (χ2n) is 3.67. The first-order valence-electron chi connectivity index (χ1n) is 5.71. The van der Waals surface area contributed by atoms with Crippen molar-refractivity contribution in [3.05, 3.63) is 29.2 Å². The number of hydrogen-bond acceptors (Lipinski definition) is 4. The molecule has 1 amide bonds. The number of carbonyl (C=O) groups is 1. The Morgan fingerprint density at radius 3 is 3.00 bits per heavy atom. The van der Waals surface area contributed by atoms with Crippen molar-refractivity contribution in [1.29, 1.82) is 5.26 Å². The summed E-state index contributed by atoms with van der Waals surface area (Å²) in [7, 11) is 1.40. The van der Waals surface area contributed by atoms with Crippen LogP contribution in [0.2, 0.25) is 0 Å². The third kappa shape index (κ3) is 4.07. The summed E-state index contributed by atoms with van der Waals surface area (Å²) in [6.45, 7) is 2.35. The van der Waals surface area contributed by atoms with Gasteiger partial charge in [0.1, 0.15) is 17.5 Å². The van der Waals surface area contributed by atoms with Gasteiger partial charge in [-0.25, -0.2) is 9.37 Å². The van der Waals surface area contributed by atoms with Gasteiger partial charge in [-0.3, -0.25) is 4.79 Å². The molecule has 1 rings (SSSR count). The fourth-order valence-electron chi connectivity index (χ4n) is 1.29. The molecule has 0 unspecified atom stereocenters. The normalized spacial score (nSPS) is 10.7. The molecule has 0 aliphatic heterocycles. The van der Waals surface area contributed by atoms with Gasteiger partial charge in [0, 0.05) is 18.2 Å². The van der Waals surface area contributed by atoms with Gasteiger partial charge in [0.15, 0.2) is 0 Å². The first-order chi connectivity index (χ1) is 9.12. The molecule has 0 radical (unpaired) electrons. The minimum Gasteiger partial charge on any atom is -0.481 e. The Labute approximate surface area is 110 Å². The minimum absolute atomic E-state index is 0.0787. The number of amides is 1. The Hall–Kier alpha value is -2.42. The lowest BCUT2D eigenvalue weighted by Crippen LogP contribution is -2.25. The van der Waals surface area contributed by atoms with Gasteiger partial charge in [-0.15, -0.1) is 0 Å². The molecule has 1 heterocycles. The number of hydrogen-bond donors (Lipinski definition) is 1. The maximum Gasteiger partial charge on any atom is 0.261 e. The van der Waals surface area contributed by atoms with Crippen LogP contribution in [0.3, 0.4) is 0 Å². The Morgan fingerprint density at radius 1 is 1.68 bits per heavy atom. The highest BCUT2D eigenvalue weighted by atomic mass is 19.1. The number of pyridine rings is 1. The lowest BCUT2D eigenvalue weighted by Gasteiger charge is -2.03. The van der Waals surface area contributed by atoms with E-state index in [0.717, 1.165) is 12.6 Å². The Kier molecular flexibility index (Phi) is 5.48. The van der Waals surface area contributed by atoms with Crippen molar-refractivity contribution in [2.24, 2.45) is 0 Å². The van der Waals surface area contributed by atoms with Crippen molar-refractivity contribution < 1.29 is 13.9 Å². The molecule has 0 aromatic carbocycles. The largest absolute Gasteiger partial charge is 0.481 e. The summed E-state index contributed by atoms with van der Waals surface area (Å²) in [6, 6.07) is 3.06. The average molecular weight is 263 g/mol. The lowest BCUT2D eigenvalue weighted by molar-refractivity contribution is -0.117. The Balaban J connectivity index is 3.04. The molecule has 0 aliphatic rings. The van der Waals surface area contributed by atoms with Crippen LogP contribution in [-0.2, 0) is 4.79 Å². The van der Waals surface area contributed by atoms with Gasteiger partial charge >= 0.3 is 0 Å². The summed E-state index contributed by atoms with van der Waals surface area (Å²) in [5.41, 5.74) is -0.0874. The van der Waals surface area contributed by atoms with Gasteiger partial charge in [0.25, 0.3) is 5.91 Å². The average Bonchev–Trinajstić information content (AvgIpc) is 2.43. The van der Waals surface area contributed by atoms with Gasteiger partial charge < -0.3 is 10.1 Å². The van der Waals surface area contributed by atoms with Crippen LogP contribution < -0.4 is 10.1 Å². The zero-order valence-corrected chi connectivity index (χ0v) is 10.7. The first kappa shape index (κ1) is 14.6. The van der Waals surface area contributed by atoms with E-state index >= 15 is 0 Å². The quantitative estimate of drug-likeness (QED) is 0.647. The van der Waals surface area contributed by atoms with Gasteiger partial charge in [-0.1, -0.05) is 6.92 Å². The number of methoxy groups -OCH3 is 1. The summed E-state index contributed by atoms with van der Waals surface area (Å²) >= 11 is 0. The highest BCUT2D eigenvalue weighted by Crippen LogP contribution is 2.16. The molecule has 5 nitrogen and oxygen atoms in total. The van der Waals surface area contributed by atoms with E-state index in [0.29, 0.717) is 6.54 Å². The number of nitriles is 1. The predicted molar refractivity (Wildman–Crippen MR) is 67.6 cm³/mol. The molecule has 0 aliphatic carbocycles. The number of nitrogens with zero attached hydrogens (tertiary/aromatic N) is 2. The monoisotopic (exact) mass is 263 g/mol. The molecular formula is C13H14FN3O2. The third-order valence-electron chi connectivity index (χ3n) is 2.27. The molecule has 0 atom stereocenters. The zero-order chi connectivity index (χ0) is 14.3. The molecule has 1 aromatic rings. The van der Waals surface area contributed by atoms with E-state index in [1.807, 2.05) is 6.92 Å². The molecule has 6 heteroatoms. The molecule has 0 spiro atoms. The van der Waals surface area contributed by atoms with E-state index in [1.54, 1.807) is 6.07 Å². The number of aromatic nitrogens is 1. The molecule has 0 saturated carbocycles. The lowest BCUT2D eigenvalue weighted by atomic mass is 10.1. The first-order valence-corrected chi connectivity index (χ1v) is 5.71. The van der Waals surface area contributed by atoms with Crippen molar-refractivity contribution in [1.82, 2.24) is 10.3 Å². The van der Waals surface area contributed by atoms with Gasteiger partial charge in [-0.05, 0) is 12.5 Å². The number of nitrogens with one attached hydrogen (secondary N) is 1. The van der Waals surface area contributed by atoms with Crippen LogP contribution in [0.5, 0.6) is 5.88 Å². The van der Waals surface area contributed by atoms with Crippen molar-refractivity contribution in [2.45, 2.75) is 13.3 Å². The summed E-state index contributed by atoms with van der Waals surface area (Å²) in [5, 5.41) is 11.5. The highest BCUT2D eigenvalue weighted by molar-refractivity contribution is 6.01. The van der Waals surface area contributed by atoms with Gasteiger partial charge in [0.2, 0.25) is 5.88 Å². The standard InChI is InChI=1S/C13H14FN3O2/c1-3-4-16-13(18)10(7-15)5-9-6-12(19-2)17-8-11(9)14/h5-6,8H,3-4H2,1-2H3,(H,16,18)/b10-5+. The van der Waals surface area contributed by atoms with Gasteiger partial charge in [-0.2, -0.15) is 5.26 Å². The third-order valence-corrected chi connectivity index (χ3v) is 2.27. The predicted octanol–water partition coefficient (Wildman–Crippen LogP) is 1.66. The smallest absolute Gasteiger partial charge is 0.261 e. The maximum atomic E-state index is 13.5. The number of carbonyl (C=O) groups excluding carboxylic acids is 1. The minimum atomic E-state index is -0.628. The van der Waals surface area contributed by atoms with E-state index in [4.69, 9.17) is 10.00 Å². The van der Waals surface area contributed by atoms with Gasteiger partial charge in [0.05, 0.1) is 13.3 Å². The van der Waals surface area contributed by atoms with Crippen LogP contribution in [0, 0.1) is 17.1 Å². The maximum absolute atomic E-state index is 13.5. The van der Waals surface area contributed by atoms with Crippen LogP contribution in [-0.4, -0.2) is 24.5 Å². The molecule has 100 valence electrons. The highest BCUT2D eigenvalue weighted by Gasteiger charge is 2.10. The fraction of sp³-hybridized carbons (Fsp3) is 0.308. The van der Waals surface area contributed by atoms with E-state index in [1.165, 1.54) is 19.3 Å². The van der Waals surface area contributed by atoms with E-state index in [-0.39, 0.29) is 17.0 Å². The van der Waals surface area contributed by atoms with Crippen LogP contribution in [0.15, 0.2) is 17.8 Å². The number of ether oxygens (including phenoxy) is 1. The molecule has 1 aromatic heterocycles. The van der Waals surface area contributed by atoms with E-state index in [9.17, 15) is 9.18 Å². The summed E-state index contributed by atoms with van der Waals surface area (Å²) in [5.74, 6) is -0.949. The fourth-order valence-corrected chi connectivity index (χ4v) is 1.29. The molecule has 19 heavy (non-hydrogen) atoms. The topological polar surface area (TPSA) is 75.0 Å². The van der Waals surface area contributed by atoms with Crippen LogP contribution in [0.4, 0.5) is 4.39 Å². The van der Waals surface area contributed by atoms with E-state index in [2.05, 4.69) is 10.3 Å². The Morgan fingerprint density at radius 2 is 2.42 bits per heavy atom. The second kappa shape index (κ2) is 7.11. The molecular weight excluding hydrogens is 249 g/mol. The van der Waals surface area contributed by atoms with Crippen molar-refractivity contribution in [3.8, 4) is 11.9 Å². The molecule has 0 fully saturated rings. The summed E-state index contributed by atoms with van der Waals surface area (Å²) in [4.78, 5) is 15.3. The Bertz CT molecular complexity index is 535. The van der Waals surface area contributed by atoms with Crippen LogP contribution in [0.25, 0.3) is 6.08 Å². The molecule has 1 N–H and O–H groups in total. The van der Waals surface area contributed by atoms with Crippen LogP contribution >= 0.6 is 0 Å². The zero-order valence-electron chi connectivity index (χ0n) is 10.7. The van der Waals surface area contributed by atoms with Crippen molar-refractivity contribution in [2.75, 3.05) is 13.7 Å². The second-order valence-corrected chi connectivity index (χ2v) is 3.67. The SMILES string of the molecule is CCCNC(=O)/C(C#N)=C/c1cc(OC)ncc1F. The van der Waals surface area contributed by atoms with Crippen LogP contribution in [0.1, 0.15) is 18.9 Å². The number of rotatable bonds is 5. The summed E-state index contributed by atoms with van der Waals surface area (Å²) < 4.78 is 18.4. The van der Waals surface area contributed by atoms with Crippen molar-refractivity contribution in [3.63, 3.8) is 0 Å². The van der Waals surface area contributed by atoms with Crippen molar-refractivity contribution >= 4 is 12.0 Å². The number of halogens is 1. The molecule has 0 bridgehead atoms. The summed E-state index contributed by atoms with van der Waals surface area (Å²) in [6.07, 6.45) is 2.90.